The molecule has 4 heterocycles. The average molecular weight is 757 g/mol. The van der Waals surface area contributed by atoms with Crippen molar-refractivity contribution in [2.24, 2.45) is 0 Å². The van der Waals surface area contributed by atoms with E-state index in [9.17, 15) is 66.1 Å². The summed E-state index contributed by atoms with van der Waals surface area (Å²) in [5.74, 6) is -2.26. The van der Waals surface area contributed by atoms with Crippen LogP contribution in [0.5, 0.6) is 23.0 Å². The highest BCUT2D eigenvalue weighted by atomic mass is 16.8. The second-order valence-electron chi connectivity index (χ2n) is 12.9. The first kappa shape index (κ1) is 39.0. The predicted molar refractivity (Wildman–Crippen MR) is 171 cm³/mol. The van der Waals surface area contributed by atoms with Crippen molar-refractivity contribution in [3.63, 3.8) is 0 Å². The first-order valence-electron chi connectivity index (χ1n) is 16.4. The van der Waals surface area contributed by atoms with E-state index in [1.807, 2.05) is 0 Å². The van der Waals surface area contributed by atoms with E-state index >= 15 is 0 Å². The molecule has 292 valence electrons. The lowest BCUT2D eigenvalue weighted by molar-refractivity contribution is -0.354. The lowest BCUT2D eigenvalue weighted by atomic mass is 9.97. The van der Waals surface area contributed by atoms with Gasteiger partial charge < -0.3 is 94.1 Å². The minimum Gasteiger partial charge on any atom is -0.508 e. The highest BCUT2D eigenvalue weighted by Crippen LogP contribution is 2.39. The van der Waals surface area contributed by atoms with Gasteiger partial charge in [0.15, 0.2) is 18.2 Å². The third kappa shape index (κ3) is 7.39. The number of fused-ring (bicyclic) bond motifs is 1. The molecule has 3 fully saturated rings. The average Bonchev–Trinajstić information content (AvgIpc) is 3.13. The smallest absolute Gasteiger partial charge is 0.239 e. The molecule has 6 rings (SSSR count). The van der Waals surface area contributed by atoms with Crippen LogP contribution in [0.15, 0.2) is 45.6 Å². The summed E-state index contributed by atoms with van der Waals surface area (Å²) in [7, 11) is 0. The van der Waals surface area contributed by atoms with Gasteiger partial charge >= 0.3 is 0 Å². The Kier molecular flexibility index (Phi) is 11.5. The maximum Gasteiger partial charge on any atom is 0.239 e. The third-order valence-corrected chi connectivity index (χ3v) is 9.29. The van der Waals surface area contributed by atoms with E-state index in [1.54, 1.807) is 0 Å². The summed E-state index contributed by atoms with van der Waals surface area (Å²) in [5, 5.41) is 123. The van der Waals surface area contributed by atoms with Gasteiger partial charge in [-0.3, -0.25) is 4.79 Å². The van der Waals surface area contributed by atoms with E-state index in [4.69, 9.17) is 32.8 Å². The largest absolute Gasteiger partial charge is 0.508 e. The molecular weight excluding hydrogens is 716 g/mol. The lowest BCUT2D eigenvalue weighted by Gasteiger charge is -2.45. The molecule has 0 radical (unpaired) electrons. The van der Waals surface area contributed by atoms with E-state index < -0.39 is 128 Å². The highest BCUT2D eigenvalue weighted by molar-refractivity contribution is 5.88. The minimum atomic E-state index is -1.94. The Morgan fingerprint density at radius 3 is 1.89 bits per heavy atom. The third-order valence-electron chi connectivity index (χ3n) is 9.29. The second kappa shape index (κ2) is 15.6. The zero-order chi connectivity index (χ0) is 38.5. The van der Waals surface area contributed by atoms with Crippen LogP contribution in [-0.2, 0) is 18.9 Å². The number of hydrogen-bond acceptors (Lipinski definition) is 20. The maximum absolute atomic E-state index is 14.2. The summed E-state index contributed by atoms with van der Waals surface area (Å²) in [5.41, 5.74) is -1.30. The molecule has 53 heavy (non-hydrogen) atoms. The van der Waals surface area contributed by atoms with E-state index in [-0.39, 0.29) is 28.4 Å². The van der Waals surface area contributed by atoms with Crippen molar-refractivity contribution < 1.29 is 94.1 Å². The second-order valence-corrected chi connectivity index (χ2v) is 12.9. The molecule has 2 aromatic carbocycles. The summed E-state index contributed by atoms with van der Waals surface area (Å²) in [6.45, 7) is -0.235. The number of phenols is 2. The predicted octanol–water partition coefficient (Wildman–Crippen LogP) is -3.92. The van der Waals surface area contributed by atoms with Gasteiger partial charge in [-0.2, -0.15) is 0 Å². The molecule has 3 aliphatic rings. The molecule has 3 aromatic rings. The van der Waals surface area contributed by atoms with Crippen LogP contribution in [0.2, 0.25) is 0 Å². The molecular formula is C33H40O20. The normalized spacial score (nSPS) is 37.8. The molecule has 3 aliphatic heterocycles. The van der Waals surface area contributed by atoms with Gasteiger partial charge in [0.2, 0.25) is 23.8 Å². The maximum atomic E-state index is 14.2. The quantitative estimate of drug-likeness (QED) is 0.0992. The van der Waals surface area contributed by atoms with Gasteiger partial charge in [0.25, 0.3) is 0 Å². The first-order chi connectivity index (χ1) is 25.1. The van der Waals surface area contributed by atoms with E-state index in [2.05, 4.69) is 0 Å². The van der Waals surface area contributed by atoms with Crippen molar-refractivity contribution in [1.82, 2.24) is 0 Å². The monoisotopic (exact) mass is 756 g/mol. The van der Waals surface area contributed by atoms with Gasteiger partial charge in [-0.1, -0.05) is 0 Å². The molecule has 0 unspecified atom stereocenters. The molecule has 0 bridgehead atoms. The zero-order valence-corrected chi connectivity index (χ0v) is 27.7. The first-order valence-corrected chi connectivity index (χ1v) is 16.4. The Balaban J connectivity index is 1.41. The Morgan fingerprint density at radius 2 is 1.25 bits per heavy atom. The standard InChI is InChI=1S/C33H40O20/c1-10-19(38)23(42)26(45)31(47-10)53-30-25(44)21(40)17(9-35)51-33(30)52-29-22(41)18-14(37)6-13(48-32-27(46)24(43)20(39)16(8-34)50-32)7-15(18)49-28(29)11-2-4-12(36)5-3-11/h2-7,10,16-17,19-21,23-27,30-40,42-46H,8-9H2,1H3/t10-,16-,17-,19-,20-,21-,23+,24+,25+,26+,27-,30-,31-,32-,33+/m1/s1. The number of ether oxygens (including phenoxy) is 6. The van der Waals surface area contributed by atoms with Crippen LogP contribution in [-0.4, -0.2) is 167 Å². The fourth-order valence-electron chi connectivity index (χ4n) is 6.23. The number of rotatable bonds is 9. The van der Waals surface area contributed by atoms with Crippen molar-refractivity contribution in [2.75, 3.05) is 13.2 Å². The summed E-state index contributed by atoms with van der Waals surface area (Å²) >= 11 is 0. The number of aliphatic hydroxyl groups is 10. The zero-order valence-electron chi connectivity index (χ0n) is 27.7. The lowest BCUT2D eigenvalue weighted by Crippen LogP contribution is -2.64. The number of phenolic OH excluding ortho intramolecular Hbond substituents is 2. The van der Waals surface area contributed by atoms with Crippen LogP contribution in [0.1, 0.15) is 6.92 Å². The van der Waals surface area contributed by atoms with E-state index in [0.29, 0.717) is 0 Å². The van der Waals surface area contributed by atoms with Crippen molar-refractivity contribution in [1.29, 1.82) is 0 Å². The molecule has 0 amide bonds. The summed E-state index contributed by atoms with van der Waals surface area (Å²) in [4.78, 5) is 14.2. The summed E-state index contributed by atoms with van der Waals surface area (Å²) in [6.07, 6.45) is -25.3. The van der Waals surface area contributed by atoms with Gasteiger partial charge in [-0.25, -0.2) is 0 Å². The van der Waals surface area contributed by atoms with Crippen LogP contribution in [0, 0.1) is 0 Å². The van der Waals surface area contributed by atoms with E-state index in [1.165, 1.54) is 31.2 Å². The fourth-order valence-corrected chi connectivity index (χ4v) is 6.23. The van der Waals surface area contributed by atoms with Crippen molar-refractivity contribution >= 4 is 11.0 Å². The molecule has 0 aliphatic carbocycles. The topological polar surface area (TPSA) is 328 Å². The molecule has 15 atom stereocenters. The fraction of sp³-hybridized carbons (Fsp3) is 0.545. The van der Waals surface area contributed by atoms with Crippen LogP contribution in [0.25, 0.3) is 22.3 Å². The van der Waals surface area contributed by atoms with Crippen LogP contribution in [0.3, 0.4) is 0 Å². The van der Waals surface area contributed by atoms with Crippen molar-refractivity contribution in [3.05, 3.63) is 46.6 Å². The number of hydrogen-bond donors (Lipinski definition) is 12. The van der Waals surface area contributed by atoms with Crippen LogP contribution >= 0.6 is 0 Å². The molecule has 0 spiro atoms. The van der Waals surface area contributed by atoms with Gasteiger partial charge in [0.1, 0.15) is 89.3 Å². The highest BCUT2D eigenvalue weighted by Gasteiger charge is 2.51. The van der Waals surface area contributed by atoms with Crippen molar-refractivity contribution in [3.8, 4) is 34.3 Å². The molecule has 20 nitrogen and oxygen atoms in total. The molecule has 3 saturated heterocycles. The Morgan fingerprint density at radius 1 is 0.660 bits per heavy atom. The van der Waals surface area contributed by atoms with Crippen LogP contribution in [0.4, 0.5) is 0 Å². The molecule has 12 N–H and O–H groups in total. The number of aliphatic hydroxyl groups excluding tert-OH is 10. The number of aromatic hydroxyl groups is 2. The minimum absolute atomic E-state index is 0.0982. The molecule has 20 heteroatoms. The Labute approximate surface area is 298 Å². The van der Waals surface area contributed by atoms with Gasteiger partial charge in [-0.05, 0) is 31.2 Å². The molecule has 1 aromatic heterocycles. The van der Waals surface area contributed by atoms with Gasteiger partial charge in [-0.15, -0.1) is 0 Å². The SMILES string of the molecule is C[C@H]1O[C@H](O[C@H]2[C@H](Oc3c(-c4ccc(O)cc4)oc4cc(O[C@@H]5O[C@H](CO)[C@@H](O)[C@H](O)[C@H]5O)cc(O)c4c3=O)O[C@H](CO)[C@@H](O)[C@@H]2O)[C@@H](O)[C@@H](O)[C@@H]1O. The Bertz CT molecular complexity index is 1780. The van der Waals surface area contributed by atoms with Crippen LogP contribution < -0.4 is 14.9 Å². The molecule has 0 saturated carbocycles. The van der Waals surface area contributed by atoms with Crippen molar-refractivity contribution in [2.45, 2.75) is 99.0 Å². The van der Waals surface area contributed by atoms with E-state index in [0.717, 1.165) is 12.1 Å². The van der Waals surface area contributed by atoms with Gasteiger partial charge in [0.05, 0.1) is 19.3 Å². The van der Waals surface area contributed by atoms with Gasteiger partial charge in [0, 0.05) is 17.7 Å². The Hall–Kier alpha value is -3.71. The summed E-state index contributed by atoms with van der Waals surface area (Å²) < 4.78 is 39.9. The summed E-state index contributed by atoms with van der Waals surface area (Å²) in [6, 6.07) is 7.18. The number of benzene rings is 2.